The lowest BCUT2D eigenvalue weighted by atomic mass is 10.1. The maximum Gasteiger partial charge on any atom is 0.217 e. The Morgan fingerprint density at radius 2 is 2.19 bits per heavy atom. The number of aliphatic imine (C=N–C) groups is 1. The molecule has 0 aromatic heterocycles. The molecule has 0 bridgehead atoms. The van der Waals surface area contributed by atoms with E-state index in [1.807, 2.05) is 13.0 Å². The van der Waals surface area contributed by atoms with E-state index in [1.165, 1.54) is 6.92 Å². The highest BCUT2D eigenvalue weighted by molar-refractivity contribution is 9.11. The number of amides is 1. The molecule has 0 saturated carbocycles. The van der Waals surface area contributed by atoms with Gasteiger partial charge in [-0.2, -0.15) is 0 Å². The summed E-state index contributed by atoms with van der Waals surface area (Å²) in [4.78, 5) is 14.9. The lowest BCUT2D eigenvalue weighted by Crippen LogP contribution is -2.35. The van der Waals surface area contributed by atoms with Crippen LogP contribution in [0.15, 0.2) is 27.2 Å². The van der Waals surface area contributed by atoms with Gasteiger partial charge in [0.25, 0.3) is 0 Å². The second-order valence-electron chi connectivity index (χ2n) is 3.17. The Kier molecular flexibility index (Phi) is 7.23. The molecule has 1 atom stereocenters. The molecule has 1 unspecified atom stereocenters. The highest BCUT2D eigenvalue weighted by Crippen LogP contribution is 2.11. The van der Waals surface area contributed by atoms with Crippen molar-refractivity contribution in [1.82, 2.24) is 5.32 Å². The summed E-state index contributed by atoms with van der Waals surface area (Å²) in [6, 6.07) is -0.207. The predicted octanol–water partition coefficient (Wildman–Crippen LogP) is 2.05. The monoisotopic (exact) mass is 282 g/mol. The zero-order valence-electron chi connectivity index (χ0n) is 9.62. The first-order valence-corrected chi connectivity index (χ1v) is 5.50. The minimum Gasteiger partial charge on any atom is -0.345 e. The van der Waals surface area contributed by atoms with Gasteiger partial charge in [0.2, 0.25) is 5.91 Å². The van der Waals surface area contributed by atoms with Crippen molar-refractivity contribution in [3.8, 4) is 12.3 Å². The van der Waals surface area contributed by atoms with Gasteiger partial charge in [-0.1, -0.05) is 21.9 Å². The summed E-state index contributed by atoms with van der Waals surface area (Å²) in [6.07, 6.45) is 10.3. The van der Waals surface area contributed by atoms with E-state index in [9.17, 15) is 4.79 Å². The van der Waals surface area contributed by atoms with Crippen molar-refractivity contribution >= 4 is 28.1 Å². The molecule has 16 heavy (non-hydrogen) atoms. The molecule has 0 spiro atoms. The van der Waals surface area contributed by atoms with E-state index >= 15 is 0 Å². The van der Waals surface area contributed by atoms with Gasteiger partial charge in [-0.15, -0.1) is 6.42 Å². The Hall–Kier alpha value is -1.34. The average Bonchev–Trinajstić information content (AvgIpc) is 2.16. The topological polar surface area (TPSA) is 41.5 Å². The Morgan fingerprint density at radius 3 is 2.62 bits per heavy atom. The van der Waals surface area contributed by atoms with Crippen molar-refractivity contribution in [2.45, 2.75) is 19.9 Å². The molecule has 0 radical (unpaired) electrons. The number of nitrogens with zero attached hydrogens (tertiary/aromatic N) is 1. The Bertz CT molecular complexity index is 375. The van der Waals surface area contributed by atoms with E-state index in [0.717, 1.165) is 10.1 Å². The predicted molar refractivity (Wildman–Crippen MR) is 71.6 cm³/mol. The Balaban J connectivity index is 4.87. The number of carbonyl (C=O) groups is 1. The zero-order valence-corrected chi connectivity index (χ0v) is 11.2. The number of halogens is 1. The van der Waals surface area contributed by atoms with E-state index in [2.05, 4.69) is 32.2 Å². The molecule has 0 rings (SSSR count). The maximum absolute atomic E-state index is 11.0. The largest absolute Gasteiger partial charge is 0.345 e. The fraction of sp³-hybridized carbons (Fsp3) is 0.333. The average molecular weight is 283 g/mol. The first-order chi connectivity index (χ1) is 7.51. The third kappa shape index (κ3) is 6.20. The number of allylic oxidation sites excluding steroid dienone is 3. The van der Waals surface area contributed by atoms with Crippen LogP contribution in [0.5, 0.6) is 0 Å². The van der Waals surface area contributed by atoms with Crippen LogP contribution in [0.25, 0.3) is 0 Å². The van der Waals surface area contributed by atoms with Gasteiger partial charge in [0.15, 0.2) is 0 Å². The van der Waals surface area contributed by atoms with Crippen molar-refractivity contribution in [2.24, 2.45) is 4.99 Å². The minimum atomic E-state index is -0.207. The van der Waals surface area contributed by atoms with Gasteiger partial charge >= 0.3 is 0 Å². The number of hydrogen-bond donors (Lipinski definition) is 1. The van der Waals surface area contributed by atoms with E-state index in [1.54, 1.807) is 19.3 Å². The standard InChI is InChI=1S/C12H15BrN2O/c1-5-6-11(13)7-9(2)12(8-14-4)15-10(3)16/h1,6-8,12H,2-4H3,(H,15,16)/b9-7+,11-6+,14-8+. The molecule has 0 heterocycles. The molecule has 0 aromatic carbocycles. The first-order valence-electron chi connectivity index (χ1n) is 4.70. The van der Waals surface area contributed by atoms with Crippen LogP contribution in [0.3, 0.4) is 0 Å². The molecule has 0 aliphatic carbocycles. The van der Waals surface area contributed by atoms with Crippen LogP contribution in [-0.2, 0) is 4.79 Å². The van der Waals surface area contributed by atoms with Crippen molar-refractivity contribution in [3.05, 3.63) is 22.2 Å². The molecule has 86 valence electrons. The molecular formula is C12H15BrN2O. The van der Waals surface area contributed by atoms with Crippen LogP contribution in [0.2, 0.25) is 0 Å². The fourth-order valence-electron chi connectivity index (χ4n) is 1.07. The van der Waals surface area contributed by atoms with Gasteiger partial charge in [-0.05, 0) is 18.6 Å². The van der Waals surface area contributed by atoms with Crippen LogP contribution in [0.4, 0.5) is 0 Å². The van der Waals surface area contributed by atoms with Gasteiger partial charge in [0, 0.05) is 30.7 Å². The van der Waals surface area contributed by atoms with Crippen LogP contribution in [-0.4, -0.2) is 25.2 Å². The van der Waals surface area contributed by atoms with Crippen molar-refractivity contribution < 1.29 is 4.79 Å². The molecule has 0 aromatic rings. The van der Waals surface area contributed by atoms with E-state index in [0.29, 0.717) is 0 Å². The van der Waals surface area contributed by atoms with Crippen LogP contribution >= 0.6 is 15.9 Å². The normalized spacial score (nSPS) is 14.7. The van der Waals surface area contributed by atoms with Gasteiger partial charge in [-0.25, -0.2) is 0 Å². The van der Waals surface area contributed by atoms with Gasteiger partial charge in [-0.3, -0.25) is 9.79 Å². The summed E-state index contributed by atoms with van der Waals surface area (Å²) in [7, 11) is 1.66. The SMILES string of the molecule is C#C/C=C(Br)\C=C(/C)C(/C=N/C)NC(C)=O. The van der Waals surface area contributed by atoms with Crippen molar-refractivity contribution in [2.75, 3.05) is 7.05 Å². The summed E-state index contributed by atoms with van der Waals surface area (Å²) in [5, 5.41) is 2.77. The van der Waals surface area contributed by atoms with Crippen LogP contribution in [0, 0.1) is 12.3 Å². The molecule has 0 fully saturated rings. The Morgan fingerprint density at radius 1 is 1.56 bits per heavy atom. The number of hydrogen-bond acceptors (Lipinski definition) is 2. The second kappa shape index (κ2) is 7.89. The number of carbonyl (C=O) groups excluding carboxylic acids is 1. The number of nitrogens with one attached hydrogen (secondary N) is 1. The Labute approximate surface area is 105 Å². The quantitative estimate of drug-likeness (QED) is 0.479. The molecule has 0 saturated heterocycles. The lowest BCUT2D eigenvalue weighted by molar-refractivity contribution is -0.119. The summed E-state index contributed by atoms with van der Waals surface area (Å²) in [6.45, 7) is 3.37. The molecule has 1 amide bonds. The third-order valence-electron chi connectivity index (χ3n) is 1.73. The van der Waals surface area contributed by atoms with Crippen LogP contribution in [0.1, 0.15) is 13.8 Å². The van der Waals surface area contributed by atoms with Crippen molar-refractivity contribution in [3.63, 3.8) is 0 Å². The molecule has 1 N–H and O–H groups in total. The van der Waals surface area contributed by atoms with Gasteiger partial charge < -0.3 is 5.32 Å². The third-order valence-corrected chi connectivity index (χ3v) is 2.19. The molecule has 4 heteroatoms. The van der Waals surface area contributed by atoms with E-state index in [-0.39, 0.29) is 11.9 Å². The van der Waals surface area contributed by atoms with Gasteiger partial charge in [0.05, 0.1) is 6.04 Å². The molecule has 3 nitrogen and oxygen atoms in total. The first kappa shape index (κ1) is 14.7. The summed E-state index contributed by atoms with van der Waals surface area (Å²) >= 11 is 3.31. The van der Waals surface area contributed by atoms with Gasteiger partial charge in [0.1, 0.15) is 0 Å². The molecular weight excluding hydrogens is 268 g/mol. The van der Waals surface area contributed by atoms with E-state index in [4.69, 9.17) is 6.42 Å². The maximum atomic E-state index is 11.0. The summed E-state index contributed by atoms with van der Waals surface area (Å²) in [5.41, 5.74) is 0.944. The highest BCUT2D eigenvalue weighted by Gasteiger charge is 2.08. The smallest absolute Gasteiger partial charge is 0.217 e. The van der Waals surface area contributed by atoms with E-state index < -0.39 is 0 Å². The van der Waals surface area contributed by atoms with Crippen LogP contribution < -0.4 is 5.32 Å². The zero-order chi connectivity index (χ0) is 12.6. The lowest BCUT2D eigenvalue weighted by Gasteiger charge is -2.13. The highest BCUT2D eigenvalue weighted by atomic mass is 79.9. The summed E-state index contributed by atoms with van der Waals surface area (Å²) in [5.74, 6) is 2.31. The fourth-order valence-corrected chi connectivity index (χ4v) is 1.56. The minimum absolute atomic E-state index is 0.102. The molecule has 0 aliphatic heterocycles. The second-order valence-corrected chi connectivity index (χ2v) is 4.09. The number of rotatable bonds is 4. The van der Waals surface area contributed by atoms with Crippen molar-refractivity contribution in [1.29, 1.82) is 0 Å². The number of terminal acetylenes is 1. The summed E-state index contributed by atoms with van der Waals surface area (Å²) < 4.78 is 0.785. The molecule has 0 aliphatic rings.